The van der Waals surface area contributed by atoms with Crippen molar-refractivity contribution in [1.82, 2.24) is 9.47 Å². The molecule has 2 heterocycles. The Labute approximate surface area is 296 Å². The van der Waals surface area contributed by atoms with Gasteiger partial charge in [0, 0.05) is 44.8 Å². The molecule has 1 aromatic heterocycles. The van der Waals surface area contributed by atoms with Crippen LogP contribution in [0.4, 0.5) is 0 Å². The van der Waals surface area contributed by atoms with Gasteiger partial charge >= 0.3 is 0 Å². The minimum Gasteiger partial charge on any atom is -0.496 e. The first-order chi connectivity index (χ1) is 23.1. The summed E-state index contributed by atoms with van der Waals surface area (Å²) in [6.07, 6.45) is 1.75. The van der Waals surface area contributed by atoms with Gasteiger partial charge in [-0.3, -0.25) is 14.2 Å². The number of likely N-dealkylation sites (N-methyl/N-ethyl adjacent to an activating group) is 1. The Morgan fingerprint density at radius 3 is 2.42 bits per heavy atom. The number of carbonyl (C=O) groups excluding carboxylic acids is 1. The van der Waals surface area contributed by atoms with Gasteiger partial charge in [-0.1, -0.05) is 82.5 Å². The summed E-state index contributed by atoms with van der Waals surface area (Å²) >= 11 is 20.1. The van der Waals surface area contributed by atoms with Crippen LogP contribution >= 0.6 is 46.1 Å². The minimum absolute atomic E-state index is 0.177. The van der Waals surface area contributed by atoms with Gasteiger partial charge in [-0.25, -0.2) is 4.99 Å². The number of benzene rings is 4. The second-order valence-corrected chi connectivity index (χ2v) is 13.5. The van der Waals surface area contributed by atoms with Gasteiger partial charge in [-0.15, -0.1) is 0 Å². The number of rotatable bonds is 9. The van der Waals surface area contributed by atoms with Crippen LogP contribution in [0.25, 0.3) is 16.8 Å². The van der Waals surface area contributed by atoms with Crippen molar-refractivity contribution < 1.29 is 14.3 Å². The fourth-order valence-corrected chi connectivity index (χ4v) is 7.67. The lowest BCUT2D eigenvalue weighted by atomic mass is 9.90. The maximum Gasteiger partial charge on any atom is 0.271 e. The number of thiazole rings is 1. The van der Waals surface area contributed by atoms with E-state index in [0.717, 1.165) is 21.9 Å². The largest absolute Gasteiger partial charge is 0.496 e. The van der Waals surface area contributed by atoms with Gasteiger partial charge < -0.3 is 14.4 Å². The topological polar surface area (TPSA) is 73.1 Å². The highest BCUT2D eigenvalue weighted by Crippen LogP contribution is 2.40. The molecule has 1 amide bonds. The van der Waals surface area contributed by atoms with E-state index in [4.69, 9.17) is 49.3 Å². The highest BCUT2D eigenvalue weighted by Gasteiger charge is 2.36. The molecule has 4 aromatic carbocycles. The van der Waals surface area contributed by atoms with Crippen LogP contribution < -0.4 is 24.4 Å². The molecular weight excluding hydrogens is 689 g/mol. The van der Waals surface area contributed by atoms with Gasteiger partial charge in [0.25, 0.3) is 11.5 Å². The normalized spacial score (nSPS) is 14.6. The fraction of sp³-hybridized carbons (Fsp3) is 0.216. The third-order valence-corrected chi connectivity index (χ3v) is 10.2. The first kappa shape index (κ1) is 33.8. The van der Waals surface area contributed by atoms with E-state index in [9.17, 15) is 9.59 Å². The van der Waals surface area contributed by atoms with Crippen molar-refractivity contribution in [3.63, 3.8) is 0 Å². The second-order valence-electron chi connectivity index (χ2n) is 11.2. The summed E-state index contributed by atoms with van der Waals surface area (Å²) in [5.74, 6) is 0.901. The summed E-state index contributed by atoms with van der Waals surface area (Å²) in [5, 5.41) is 3.33. The van der Waals surface area contributed by atoms with E-state index >= 15 is 0 Å². The molecule has 0 N–H and O–H groups in total. The number of ether oxygens (including phenoxy) is 2. The molecule has 1 atom stereocenters. The number of hydrogen-bond donors (Lipinski definition) is 0. The Kier molecular flexibility index (Phi) is 9.99. The molecule has 0 aliphatic carbocycles. The monoisotopic (exact) mass is 719 g/mol. The molecule has 0 spiro atoms. The van der Waals surface area contributed by atoms with Gasteiger partial charge in [0.15, 0.2) is 4.80 Å². The van der Waals surface area contributed by atoms with Gasteiger partial charge in [0.1, 0.15) is 24.1 Å². The molecule has 48 heavy (non-hydrogen) atoms. The number of hydrogen-bond acceptors (Lipinski definition) is 6. The SMILES string of the molecule is CCN(CC)C(=O)C1=C(C)N=c2s/c(=C/c3cc(Cl)ccc3OCc3ccc(Cl)cc3Cl)c(=O)n2[C@@H]1c1c(OC)ccc2ccccc12. The Bertz CT molecular complexity index is 2270. The van der Waals surface area contributed by atoms with E-state index in [-0.39, 0.29) is 18.1 Å². The molecule has 0 radical (unpaired) electrons. The Morgan fingerprint density at radius 2 is 1.69 bits per heavy atom. The summed E-state index contributed by atoms with van der Waals surface area (Å²) in [4.78, 5) is 35.8. The molecule has 0 bridgehead atoms. The van der Waals surface area contributed by atoms with Crippen molar-refractivity contribution in [1.29, 1.82) is 0 Å². The van der Waals surface area contributed by atoms with Gasteiger partial charge in [-0.05, 0) is 74.0 Å². The smallest absolute Gasteiger partial charge is 0.271 e. The number of halogens is 3. The maximum atomic E-state index is 14.6. The molecule has 6 rings (SSSR count). The van der Waals surface area contributed by atoms with Crippen LogP contribution in [-0.4, -0.2) is 35.6 Å². The van der Waals surface area contributed by atoms with Crippen molar-refractivity contribution in [2.24, 2.45) is 4.99 Å². The van der Waals surface area contributed by atoms with Crippen molar-refractivity contribution in [3.05, 3.63) is 136 Å². The standard InChI is InChI=1S/C37H32Cl3N3O4S/c1-5-42(6-2)36(45)32-21(3)41-37-43(34(32)33-27-10-8-7-9-22(27)12-15-30(33)46-4)35(44)31(48-37)18-24-17-25(38)14-16-29(24)47-20-23-11-13-26(39)19-28(23)40/h7-19,34H,5-6,20H2,1-4H3/b31-18+/t34-/m0/s1. The van der Waals surface area contributed by atoms with Crippen LogP contribution in [0.15, 0.2) is 93.9 Å². The van der Waals surface area contributed by atoms with E-state index in [1.165, 1.54) is 11.3 Å². The highest BCUT2D eigenvalue weighted by molar-refractivity contribution is 7.07. The maximum absolute atomic E-state index is 14.6. The van der Waals surface area contributed by atoms with Crippen LogP contribution in [0.5, 0.6) is 11.5 Å². The predicted molar refractivity (Wildman–Crippen MR) is 194 cm³/mol. The number of carbonyl (C=O) groups is 1. The number of amides is 1. The Balaban J connectivity index is 1.55. The van der Waals surface area contributed by atoms with Crippen LogP contribution in [-0.2, 0) is 11.4 Å². The van der Waals surface area contributed by atoms with Crippen molar-refractivity contribution >= 4 is 68.9 Å². The zero-order valence-corrected chi connectivity index (χ0v) is 29.8. The molecule has 246 valence electrons. The molecule has 5 aromatic rings. The molecule has 1 aliphatic heterocycles. The molecule has 0 saturated heterocycles. The first-order valence-electron chi connectivity index (χ1n) is 15.4. The summed E-state index contributed by atoms with van der Waals surface area (Å²) in [7, 11) is 1.59. The molecular formula is C37H32Cl3N3O4S. The van der Waals surface area contributed by atoms with E-state index in [1.807, 2.05) is 57.2 Å². The van der Waals surface area contributed by atoms with Crippen LogP contribution in [0.3, 0.4) is 0 Å². The average molecular weight is 721 g/mol. The van der Waals surface area contributed by atoms with E-state index < -0.39 is 6.04 Å². The van der Waals surface area contributed by atoms with Gasteiger partial charge in [0.05, 0.1) is 22.9 Å². The summed E-state index contributed by atoms with van der Waals surface area (Å²) < 4.78 is 14.1. The number of methoxy groups -OCH3 is 1. The number of nitrogens with zero attached hydrogens (tertiary/aromatic N) is 3. The minimum atomic E-state index is -0.792. The Hall–Kier alpha value is -4.08. The summed E-state index contributed by atoms with van der Waals surface area (Å²) in [5.41, 5.74) is 2.76. The van der Waals surface area contributed by atoms with Crippen LogP contribution in [0, 0.1) is 0 Å². The predicted octanol–water partition coefficient (Wildman–Crippen LogP) is 7.80. The number of aromatic nitrogens is 1. The molecule has 0 fully saturated rings. The van der Waals surface area contributed by atoms with Crippen LogP contribution in [0.2, 0.25) is 15.1 Å². The van der Waals surface area contributed by atoms with E-state index in [0.29, 0.717) is 65.8 Å². The van der Waals surface area contributed by atoms with E-state index in [1.54, 1.807) is 59.1 Å². The third-order valence-electron chi connectivity index (χ3n) is 8.38. The lowest BCUT2D eigenvalue weighted by molar-refractivity contribution is -0.127. The van der Waals surface area contributed by atoms with E-state index in [2.05, 4.69) is 0 Å². The average Bonchev–Trinajstić information content (AvgIpc) is 3.38. The van der Waals surface area contributed by atoms with Crippen molar-refractivity contribution in [2.75, 3.05) is 20.2 Å². The van der Waals surface area contributed by atoms with Crippen molar-refractivity contribution in [3.8, 4) is 11.5 Å². The van der Waals surface area contributed by atoms with Crippen LogP contribution in [0.1, 0.15) is 43.5 Å². The zero-order valence-electron chi connectivity index (χ0n) is 26.7. The molecule has 7 nitrogen and oxygen atoms in total. The summed E-state index contributed by atoms with van der Waals surface area (Å²) in [6.45, 7) is 6.89. The summed E-state index contributed by atoms with van der Waals surface area (Å²) in [6, 6.07) is 21.4. The second kappa shape index (κ2) is 14.2. The quantitative estimate of drug-likeness (QED) is 0.156. The number of fused-ring (bicyclic) bond motifs is 2. The lowest BCUT2D eigenvalue weighted by Gasteiger charge is -2.30. The lowest BCUT2D eigenvalue weighted by Crippen LogP contribution is -2.43. The molecule has 1 aliphatic rings. The first-order valence-corrected chi connectivity index (χ1v) is 17.3. The third kappa shape index (κ3) is 6.38. The molecule has 0 saturated carbocycles. The Morgan fingerprint density at radius 1 is 0.979 bits per heavy atom. The van der Waals surface area contributed by atoms with Gasteiger partial charge in [-0.2, -0.15) is 0 Å². The number of allylic oxidation sites excluding steroid dienone is 1. The highest BCUT2D eigenvalue weighted by atomic mass is 35.5. The van der Waals surface area contributed by atoms with Crippen molar-refractivity contribution in [2.45, 2.75) is 33.4 Å². The fourth-order valence-electron chi connectivity index (χ4n) is 5.98. The van der Waals surface area contributed by atoms with Gasteiger partial charge in [0.2, 0.25) is 0 Å². The zero-order chi connectivity index (χ0) is 34.1. The molecule has 11 heteroatoms. The molecule has 0 unspecified atom stereocenters.